The quantitative estimate of drug-likeness (QED) is 0.554. The minimum Gasteiger partial charge on any atom is -0.385 e. The predicted octanol–water partition coefficient (Wildman–Crippen LogP) is 5.24. The summed E-state index contributed by atoms with van der Waals surface area (Å²) in [6.45, 7) is 2.97. The third-order valence-electron chi connectivity index (χ3n) is 4.23. The molecule has 0 aliphatic rings. The van der Waals surface area contributed by atoms with E-state index in [0.717, 1.165) is 40.3 Å². The molecule has 2 aromatic carbocycles. The highest BCUT2D eigenvalue weighted by Crippen LogP contribution is 2.26. The monoisotopic (exact) mass is 331 g/mol. The van der Waals surface area contributed by atoms with Crippen LogP contribution in [0.15, 0.2) is 73.1 Å². The van der Waals surface area contributed by atoms with Crippen LogP contribution in [0.25, 0.3) is 28.0 Å². The highest BCUT2D eigenvalue weighted by atomic mass is 19.1. The van der Waals surface area contributed by atoms with E-state index in [1.54, 1.807) is 12.1 Å². The van der Waals surface area contributed by atoms with Crippen LogP contribution in [0.2, 0.25) is 0 Å². The van der Waals surface area contributed by atoms with E-state index in [9.17, 15) is 4.39 Å². The van der Waals surface area contributed by atoms with Crippen LogP contribution in [0, 0.1) is 5.82 Å². The van der Waals surface area contributed by atoms with Gasteiger partial charge in [-0.3, -0.25) is 4.40 Å². The van der Waals surface area contributed by atoms with Crippen LogP contribution in [0.3, 0.4) is 0 Å². The van der Waals surface area contributed by atoms with Crippen molar-refractivity contribution in [2.75, 3.05) is 11.9 Å². The fourth-order valence-electron chi connectivity index (χ4n) is 3.01. The molecule has 0 atom stereocenters. The van der Waals surface area contributed by atoms with E-state index < -0.39 is 0 Å². The minimum absolute atomic E-state index is 0.228. The van der Waals surface area contributed by atoms with E-state index in [4.69, 9.17) is 0 Å². The second-order valence-corrected chi connectivity index (χ2v) is 5.91. The molecular formula is C21H18FN3. The Morgan fingerprint density at radius 1 is 0.960 bits per heavy atom. The summed E-state index contributed by atoms with van der Waals surface area (Å²) in [6.07, 6.45) is 3.89. The van der Waals surface area contributed by atoms with Crippen LogP contribution in [-0.4, -0.2) is 15.9 Å². The van der Waals surface area contributed by atoms with Gasteiger partial charge in [-0.25, -0.2) is 9.37 Å². The zero-order valence-electron chi connectivity index (χ0n) is 13.9. The summed E-state index contributed by atoms with van der Waals surface area (Å²) in [5.74, 6) is -0.228. The molecule has 0 saturated heterocycles. The number of hydrogen-bond donors (Lipinski definition) is 1. The van der Waals surface area contributed by atoms with Crippen LogP contribution in [-0.2, 0) is 0 Å². The van der Waals surface area contributed by atoms with Gasteiger partial charge in [0.05, 0.1) is 11.9 Å². The van der Waals surface area contributed by atoms with Crippen LogP contribution >= 0.6 is 0 Å². The lowest BCUT2D eigenvalue weighted by Gasteiger charge is -2.07. The van der Waals surface area contributed by atoms with E-state index in [-0.39, 0.29) is 5.82 Å². The summed E-state index contributed by atoms with van der Waals surface area (Å²) in [7, 11) is 0. The van der Waals surface area contributed by atoms with Gasteiger partial charge in [0.2, 0.25) is 0 Å². The Bertz CT molecular complexity index is 1020. The molecular weight excluding hydrogens is 313 g/mol. The first-order valence-electron chi connectivity index (χ1n) is 8.32. The normalized spacial score (nSPS) is 11.0. The largest absolute Gasteiger partial charge is 0.385 e. The fraction of sp³-hybridized carbons (Fsp3) is 0.0952. The summed E-state index contributed by atoms with van der Waals surface area (Å²) in [4.78, 5) is 4.54. The number of halogens is 1. The molecule has 0 bridgehead atoms. The van der Waals surface area contributed by atoms with Gasteiger partial charge in [-0.2, -0.15) is 0 Å². The predicted molar refractivity (Wildman–Crippen MR) is 100 cm³/mol. The van der Waals surface area contributed by atoms with Gasteiger partial charge < -0.3 is 5.32 Å². The Morgan fingerprint density at radius 3 is 2.60 bits per heavy atom. The summed E-state index contributed by atoms with van der Waals surface area (Å²) < 4.78 is 15.2. The first-order chi connectivity index (χ1) is 12.2. The molecule has 0 amide bonds. The average molecular weight is 331 g/mol. The highest BCUT2D eigenvalue weighted by Gasteiger charge is 2.08. The second-order valence-electron chi connectivity index (χ2n) is 5.91. The Morgan fingerprint density at radius 2 is 1.80 bits per heavy atom. The lowest BCUT2D eigenvalue weighted by Crippen LogP contribution is -1.96. The van der Waals surface area contributed by atoms with Gasteiger partial charge in [0.1, 0.15) is 11.5 Å². The number of rotatable bonds is 4. The van der Waals surface area contributed by atoms with Crippen molar-refractivity contribution in [3.8, 4) is 22.4 Å². The molecule has 25 heavy (non-hydrogen) atoms. The molecule has 2 aromatic heterocycles. The zero-order chi connectivity index (χ0) is 17.2. The number of aromatic nitrogens is 2. The van der Waals surface area contributed by atoms with Crippen LogP contribution in [0.1, 0.15) is 6.92 Å². The number of anilines is 1. The Labute approximate surface area is 145 Å². The lowest BCUT2D eigenvalue weighted by atomic mass is 10.1. The van der Waals surface area contributed by atoms with Crippen molar-refractivity contribution in [2.45, 2.75) is 6.92 Å². The third kappa shape index (κ3) is 2.98. The summed E-state index contributed by atoms with van der Waals surface area (Å²) in [5.41, 5.74) is 6.11. The van der Waals surface area contributed by atoms with Gasteiger partial charge in [0.25, 0.3) is 0 Å². The summed E-state index contributed by atoms with van der Waals surface area (Å²) >= 11 is 0. The van der Waals surface area contributed by atoms with Crippen molar-refractivity contribution in [1.29, 1.82) is 0 Å². The second kappa shape index (κ2) is 6.40. The van der Waals surface area contributed by atoms with Gasteiger partial charge in [0.15, 0.2) is 0 Å². The van der Waals surface area contributed by atoms with Gasteiger partial charge >= 0.3 is 0 Å². The van der Waals surface area contributed by atoms with E-state index in [1.807, 2.05) is 30.6 Å². The molecule has 1 N–H and O–H groups in total. The topological polar surface area (TPSA) is 29.3 Å². The minimum atomic E-state index is -0.228. The van der Waals surface area contributed by atoms with Gasteiger partial charge in [-0.05, 0) is 54.4 Å². The van der Waals surface area contributed by atoms with Crippen molar-refractivity contribution in [1.82, 2.24) is 9.38 Å². The fourth-order valence-corrected chi connectivity index (χ4v) is 3.01. The molecule has 0 spiro atoms. The van der Waals surface area contributed by atoms with Crippen molar-refractivity contribution in [3.63, 3.8) is 0 Å². The molecule has 4 aromatic rings. The molecule has 3 nitrogen and oxygen atoms in total. The van der Waals surface area contributed by atoms with Crippen molar-refractivity contribution >= 4 is 11.3 Å². The van der Waals surface area contributed by atoms with Crippen molar-refractivity contribution in [2.24, 2.45) is 0 Å². The molecule has 0 aliphatic carbocycles. The van der Waals surface area contributed by atoms with E-state index in [2.05, 4.69) is 39.8 Å². The maximum atomic E-state index is 13.1. The maximum Gasteiger partial charge on any atom is 0.137 e. The molecule has 0 unspecified atom stereocenters. The summed E-state index contributed by atoms with van der Waals surface area (Å²) in [5, 5.41) is 3.33. The molecule has 2 heterocycles. The third-order valence-corrected chi connectivity index (χ3v) is 4.23. The SMILES string of the molecule is CCNc1cccc(-c2cnc3cc(-c4ccc(F)cc4)ccn23)c1. The number of fused-ring (bicyclic) bond motifs is 1. The Kier molecular flexibility index (Phi) is 3.94. The van der Waals surface area contributed by atoms with E-state index >= 15 is 0 Å². The highest BCUT2D eigenvalue weighted by molar-refractivity contribution is 5.72. The van der Waals surface area contributed by atoms with Crippen molar-refractivity contribution in [3.05, 3.63) is 78.9 Å². The van der Waals surface area contributed by atoms with Crippen LogP contribution in [0.5, 0.6) is 0 Å². The Hall–Kier alpha value is -3.14. The van der Waals surface area contributed by atoms with Crippen LogP contribution in [0.4, 0.5) is 10.1 Å². The summed E-state index contributed by atoms with van der Waals surface area (Å²) in [6, 6.07) is 18.9. The first-order valence-corrected chi connectivity index (χ1v) is 8.32. The smallest absolute Gasteiger partial charge is 0.137 e. The number of benzene rings is 2. The Balaban J connectivity index is 1.75. The maximum absolute atomic E-state index is 13.1. The molecule has 0 saturated carbocycles. The lowest BCUT2D eigenvalue weighted by molar-refractivity contribution is 0.628. The average Bonchev–Trinajstić information content (AvgIpc) is 3.06. The molecule has 0 fully saturated rings. The zero-order valence-corrected chi connectivity index (χ0v) is 13.9. The number of hydrogen-bond acceptors (Lipinski definition) is 2. The van der Waals surface area contributed by atoms with E-state index in [1.165, 1.54) is 12.1 Å². The van der Waals surface area contributed by atoms with E-state index in [0.29, 0.717) is 0 Å². The van der Waals surface area contributed by atoms with Crippen molar-refractivity contribution < 1.29 is 4.39 Å². The molecule has 124 valence electrons. The number of imidazole rings is 1. The number of nitrogens with one attached hydrogen (secondary N) is 1. The van der Waals surface area contributed by atoms with Gasteiger partial charge in [0, 0.05) is 24.0 Å². The molecule has 4 heteroatoms. The van der Waals surface area contributed by atoms with Crippen LogP contribution < -0.4 is 5.32 Å². The first kappa shape index (κ1) is 15.4. The number of nitrogens with zero attached hydrogens (tertiary/aromatic N) is 2. The van der Waals surface area contributed by atoms with Gasteiger partial charge in [-0.1, -0.05) is 24.3 Å². The molecule has 0 aliphatic heterocycles. The number of pyridine rings is 1. The van der Waals surface area contributed by atoms with Gasteiger partial charge in [-0.15, -0.1) is 0 Å². The standard InChI is InChI=1S/C21H18FN3/c1-2-23-19-5-3-4-17(12-19)20-14-24-21-13-16(10-11-25(20)21)15-6-8-18(22)9-7-15/h3-14,23H,2H2,1H3. The molecule has 0 radical (unpaired) electrons. The molecule has 4 rings (SSSR count).